The molecule has 0 spiro atoms. The maximum Gasteiger partial charge on any atom is 0.316 e. The van der Waals surface area contributed by atoms with Crippen molar-refractivity contribution in [2.45, 2.75) is 27.3 Å². The molecule has 0 atom stereocenters. The second-order valence-electron chi connectivity index (χ2n) is 4.70. The van der Waals surface area contributed by atoms with E-state index in [1.807, 2.05) is 20.0 Å². The number of amidine groups is 1. The number of nitrogens with zero attached hydrogens (tertiary/aromatic N) is 4. The minimum Gasteiger partial charge on any atom is -0.465 e. The first-order chi connectivity index (χ1) is 11.1. The number of likely N-dealkylation sites (N-methyl/N-ethyl adjacent to an activating group) is 1. The highest BCUT2D eigenvalue weighted by Gasteiger charge is 2.29. The molecule has 1 aliphatic rings. The van der Waals surface area contributed by atoms with Crippen molar-refractivity contribution in [1.29, 1.82) is 0 Å². The van der Waals surface area contributed by atoms with Gasteiger partial charge in [-0.15, -0.1) is 0 Å². The summed E-state index contributed by atoms with van der Waals surface area (Å²) in [6.07, 6.45) is 5.26. The molecule has 124 valence electrons. The van der Waals surface area contributed by atoms with Crippen molar-refractivity contribution in [2.75, 3.05) is 18.9 Å². The Balaban J connectivity index is 2.14. The number of aromatic nitrogens is 2. The third kappa shape index (κ3) is 4.22. The molecule has 2 rings (SSSR count). The SMILES string of the molecule is CCOC(=O)CSC1=NC(=Cc2cnn(CC)c2)C(=O)N1CC. The Morgan fingerprint density at radius 1 is 1.35 bits per heavy atom. The normalized spacial score (nSPS) is 16.1. The van der Waals surface area contributed by atoms with E-state index in [1.54, 1.807) is 28.8 Å². The highest BCUT2D eigenvalue weighted by atomic mass is 32.2. The molecule has 0 unspecified atom stereocenters. The van der Waals surface area contributed by atoms with Gasteiger partial charge in [-0.25, -0.2) is 4.99 Å². The second kappa shape index (κ2) is 7.96. The second-order valence-corrected chi connectivity index (χ2v) is 5.64. The maximum absolute atomic E-state index is 12.4. The lowest BCUT2D eigenvalue weighted by Gasteiger charge is -2.14. The highest BCUT2D eigenvalue weighted by Crippen LogP contribution is 2.23. The van der Waals surface area contributed by atoms with Gasteiger partial charge in [-0.05, 0) is 26.8 Å². The zero-order valence-corrected chi connectivity index (χ0v) is 14.3. The number of amides is 1. The molecule has 1 aromatic heterocycles. The molecule has 0 fully saturated rings. The van der Waals surface area contributed by atoms with Gasteiger partial charge in [-0.3, -0.25) is 19.2 Å². The summed E-state index contributed by atoms with van der Waals surface area (Å²) in [5, 5.41) is 4.70. The smallest absolute Gasteiger partial charge is 0.316 e. The minimum absolute atomic E-state index is 0.136. The first-order valence-corrected chi connectivity index (χ1v) is 8.50. The number of rotatable bonds is 6. The Morgan fingerprint density at radius 2 is 2.13 bits per heavy atom. The van der Waals surface area contributed by atoms with Gasteiger partial charge >= 0.3 is 5.97 Å². The van der Waals surface area contributed by atoms with Crippen LogP contribution in [0.1, 0.15) is 26.3 Å². The lowest BCUT2D eigenvalue weighted by Crippen LogP contribution is -2.30. The lowest BCUT2D eigenvalue weighted by molar-refractivity contribution is -0.139. The quantitative estimate of drug-likeness (QED) is 0.584. The van der Waals surface area contributed by atoms with Crippen LogP contribution >= 0.6 is 11.8 Å². The number of aliphatic imine (C=N–C) groups is 1. The number of esters is 1. The molecule has 1 amide bonds. The summed E-state index contributed by atoms with van der Waals surface area (Å²) < 4.78 is 6.67. The van der Waals surface area contributed by atoms with Gasteiger partial charge in [-0.2, -0.15) is 5.10 Å². The average Bonchev–Trinajstić information content (AvgIpc) is 3.11. The Bertz CT molecular complexity index is 651. The topological polar surface area (TPSA) is 76.8 Å². The fourth-order valence-corrected chi connectivity index (χ4v) is 2.89. The molecule has 1 aromatic rings. The van der Waals surface area contributed by atoms with Crippen molar-refractivity contribution in [3.05, 3.63) is 23.7 Å². The molecule has 0 saturated heterocycles. The van der Waals surface area contributed by atoms with Crippen LogP contribution in [0.5, 0.6) is 0 Å². The molecule has 2 heterocycles. The van der Waals surface area contributed by atoms with Gasteiger partial charge in [0.25, 0.3) is 5.91 Å². The van der Waals surface area contributed by atoms with Crippen molar-refractivity contribution >= 4 is 34.9 Å². The van der Waals surface area contributed by atoms with Crippen LogP contribution in [-0.4, -0.2) is 50.6 Å². The number of carbonyl (C=O) groups excluding carboxylic acids is 2. The van der Waals surface area contributed by atoms with E-state index in [0.717, 1.165) is 12.1 Å². The maximum atomic E-state index is 12.4. The molecule has 0 radical (unpaired) electrons. The van der Waals surface area contributed by atoms with Gasteiger partial charge < -0.3 is 4.74 Å². The zero-order valence-electron chi connectivity index (χ0n) is 13.5. The van der Waals surface area contributed by atoms with Crippen molar-refractivity contribution in [2.24, 2.45) is 4.99 Å². The van der Waals surface area contributed by atoms with Crippen LogP contribution in [0.15, 0.2) is 23.1 Å². The van der Waals surface area contributed by atoms with E-state index in [4.69, 9.17) is 4.74 Å². The van der Waals surface area contributed by atoms with Gasteiger partial charge in [0.2, 0.25) is 0 Å². The fourth-order valence-electron chi connectivity index (χ4n) is 2.03. The molecule has 0 saturated carbocycles. The van der Waals surface area contributed by atoms with Crippen molar-refractivity contribution < 1.29 is 14.3 Å². The van der Waals surface area contributed by atoms with Crippen LogP contribution in [0.3, 0.4) is 0 Å². The standard InChI is InChI=1S/C15H20N4O3S/c1-4-18-9-11(8-16-18)7-12-14(21)19(5-2)15(17-12)23-10-13(20)22-6-3/h7-9H,4-6,10H2,1-3H3. The van der Waals surface area contributed by atoms with Gasteiger partial charge in [0.15, 0.2) is 5.17 Å². The van der Waals surface area contributed by atoms with Gasteiger partial charge in [0, 0.05) is 24.8 Å². The zero-order chi connectivity index (χ0) is 16.8. The van der Waals surface area contributed by atoms with Crippen molar-refractivity contribution in [3.8, 4) is 0 Å². The summed E-state index contributed by atoms with van der Waals surface area (Å²) >= 11 is 1.21. The lowest BCUT2D eigenvalue weighted by atomic mass is 10.3. The minimum atomic E-state index is -0.314. The van der Waals surface area contributed by atoms with E-state index in [1.165, 1.54) is 11.8 Å². The third-order valence-corrected chi connectivity index (χ3v) is 4.08. The summed E-state index contributed by atoms with van der Waals surface area (Å²) in [5.41, 5.74) is 1.18. The average molecular weight is 336 g/mol. The van der Waals surface area contributed by atoms with E-state index in [2.05, 4.69) is 10.1 Å². The molecule has 7 nitrogen and oxygen atoms in total. The third-order valence-electron chi connectivity index (χ3n) is 3.13. The van der Waals surface area contributed by atoms with E-state index in [-0.39, 0.29) is 17.6 Å². The Morgan fingerprint density at radius 3 is 2.74 bits per heavy atom. The number of carbonyl (C=O) groups is 2. The van der Waals surface area contributed by atoms with Crippen LogP contribution in [0.4, 0.5) is 0 Å². The summed E-state index contributed by atoms with van der Waals surface area (Å²) in [6.45, 7) is 7.23. The van der Waals surface area contributed by atoms with Crippen molar-refractivity contribution in [1.82, 2.24) is 14.7 Å². The van der Waals surface area contributed by atoms with E-state index >= 15 is 0 Å². The molecule has 0 bridgehead atoms. The van der Waals surface area contributed by atoms with Crippen LogP contribution in [0, 0.1) is 0 Å². The Kier molecular flexibility index (Phi) is 5.97. The number of ether oxygens (including phenoxy) is 1. The van der Waals surface area contributed by atoms with Crippen LogP contribution in [0.25, 0.3) is 6.08 Å². The van der Waals surface area contributed by atoms with Gasteiger partial charge in [0.05, 0.1) is 18.6 Å². The van der Waals surface area contributed by atoms with E-state index in [0.29, 0.717) is 24.0 Å². The fraction of sp³-hybridized carbons (Fsp3) is 0.467. The van der Waals surface area contributed by atoms with Crippen LogP contribution in [0.2, 0.25) is 0 Å². The molecule has 0 aliphatic carbocycles. The molecule has 0 aromatic carbocycles. The van der Waals surface area contributed by atoms with E-state index < -0.39 is 0 Å². The molecule has 1 aliphatic heterocycles. The summed E-state index contributed by atoms with van der Waals surface area (Å²) in [7, 11) is 0. The summed E-state index contributed by atoms with van der Waals surface area (Å²) in [4.78, 5) is 29.8. The number of hydrogen-bond acceptors (Lipinski definition) is 6. The Labute approximate surface area is 139 Å². The van der Waals surface area contributed by atoms with Crippen LogP contribution in [-0.2, 0) is 20.9 Å². The van der Waals surface area contributed by atoms with E-state index in [9.17, 15) is 9.59 Å². The molecule has 8 heteroatoms. The van der Waals surface area contributed by atoms with Crippen molar-refractivity contribution in [3.63, 3.8) is 0 Å². The predicted molar refractivity (Wildman–Crippen MR) is 89.8 cm³/mol. The summed E-state index contributed by atoms with van der Waals surface area (Å²) in [5.74, 6) is -0.342. The predicted octanol–water partition coefficient (Wildman–Crippen LogP) is 1.76. The molecular weight excluding hydrogens is 316 g/mol. The first-order valence-electron chi connectivity index (χ1n) is 7.52. The highest BCUT2D eigenvalue weighted by molar-refractivity contribution is 8.14. The monoisotopic (exact) mass is 336 g/mol. The largest absolute Gasteiger partial charge is 0.465 e. The number of thioether (sulfide) groups is 1. The Hall–Kier alpha value is -2.09. The van der Waals surface area contributed by atoms with Crippen LogP contribution < -0.4 is 0 Å². The molecule has 0 N–H and O–H groups in total. The number of hydrogen-bond donors (Lipinski definition) is 0. The van der Waals surface area contributed by atoms with Gasteiger partial charge in [-0.1, -0.05) is 11.8 Å². The number of aryl methyl sites for hydroxylation is 1. The first kappa shape index (κ1) is 17.3. The van der Waals surface area contributed by atoms with Gasteiger partial charge in [0.1, 0.15) is 5.70 Å². The molecular formula is C15H20N4O3S. The molecule has 23 heavy (non-hydrogen) atoms. The summed E-state index contributed by atoms with van der Waals surface area (Å²) in [6, 6.07) is 0.